The summed E-state index contributed by atoms with van der Waals surface area (Å²) < 4.78 is 11.3. The molecule has 1 aromatic rings. The maximum atomic E-state index is 5.81. The molecule has 0 aliphatic carbocycles. The van der Waals surface area contributed by atoms with Crippen LogP contribution in [0.2, 0.25) is 0 Å². The highest BCUT2D eigenvalue weighted by molar-refractivity contribution is 7.99. The molecule has 1 N–H and O–H groups in total. The van der Waals surface area contributed by atoms with Crippen LogP contribution >= 0.6 is 11.8 Å². The lowest BCUT2D eigenvalue weighted by Gasteiger charge is -2.13. The van der Waals surface area contributed by atoms with Gasteiger partial charge in [-0.2, -0.15) is 11.8 Å². The number of benzene rings is 1. The van der Waals surface area contributed by atoms with Crippen molar-refractivity contribution in [3.8, 4) is 11.5 Å². The summed E-state index contributed by atoms with van der Waals surface area (Å²) in [6, 6.07) is 4.24. The van der Waals surface area contributed by atoms with Crippen LogP contribution in [0.1, 0.15) is 25.0 Å². The average Bonchev–Trinajstić information content (AvgIpc) is 2.76. The Hall–Kier alpha value is -0.870. The van der Waals surface area contributed by atoms with Crippen LogP contribution in [0.5, 0.6) is 11.5 Å². The summed E-state index contributed by atoms with van der Waals surface area (Å²) in [6.45, 7) is 6.14. The van der Waals surface area contributed by atoms with Crippen molar-refractivity contribution in [3.05, 3.63) is 23.3 Å². The molecule has 0 aromatic heterocycles. The summed E-state index contributed by atoms with van der Waals surface area (Å²) in [5.74, 6) is 1.98. The Bertz CT molecular complexity index is 436. The molecule has 0 bridgehead atoms. The van der Waals surface area contributed by atoms with Gasteiger partial charge in [0.2, 0.25) is 0 Å². The quantitative estimate of drug-likeness (QED) is 0.868. The van der Waals surface area contributed by atoms with E-state index in [1.807, 2.05) is 11.8 Å². The van der Waals surface area contributed by atoms with E-state index in [1.165, 1.54) is 11.1 Å². The summed E-state index contributed by atoms with van der Waals surface area (Å²) in [7, 11) is 1.73. The Labute approximate surface area is 120 Å². The van der Waals surface area contributed by atoms with Crippen LogP contribution in [0.25, 0.3) is 0 Å². The van der Waals surface area contributed by atoms with Gasteiger partial charge in [0.15, 0.2) is 0 Å². The normalized spacial score (nSPS) is 18.8. The van der Waals surface area contributed by atoms with Gasteiger partial charge in [-0.1, -0.05) is 6.92 Å². The topological polar surface area (TPSA) is 30.5 Å². The van der Waals surface area contributed by atoms with Crippen molar-refractivity contribution in [2.24, 2.45) is 0 Å². The van der Waals surface area contributed by atoms with Crippen LogP contribution in [0.3, 0.4) is 0 Å². The number of thioether (sulfide) groups is 1. The second-order valence-corrected chi connectivity index (χ2v) is 6.36. The van der Waals surface area contributed by atoms with E-state index in [2.05, 4.69) is 37.6 Å². The number of nitrogens with one attached hydrogen (secondary N) is 1. The fraction of sp³-hybridized carbons (Fsp3) is 0.600. The van der Waals surface area contributed by atoms with Gasteiger partial charge >= 0.3 is 0 Å². The maximum absolute atomic E-state index is 5.81. The predicted molar refractivity (Wildman–Crippen MR) is 81.5 cm³/mol. The third-order valence-electron chi connectivity index (χ3n) is 3.45. The molecule has 0 radical (unpaired) electrons. The highest BCUT2D eigenvalue weighted by atomic mass is 32.2. The Morgan fingerprint density at radius 1 is 1.53 bits per heavy atom. The molecule has 2 unspecified atom stereocenters. The number of ether oxygens (including phenoxy) is 2. The first kappa shape index (κ1) is 14.5. The van der Waals surface area contributed by atoms with Crippen LogP contribution in [0, 0.1) is 0 Å². The molecule has 1 aromatic carbocycles. The van der Waals surface area contributed by atoms with Crippen molar-refractivity contribution in [2.75, 3.05) is 19.9 Å². The number of fused-ring (bicyclic) bond motifs is 1. The van der Waals surface area contributed by atoms with Crippen LogP contribution in [-0.2, 0) is 13.0 Å². The zero-order chi connectivity index (χ0) is 13.8. The summed E-state index contributed by atoms with van der Waals surface area (Å²) in [4.78, 5) is 0. The molecule has 4 heteroatoms. The Kier molecular flexibility index (Phi) is 4.99. The molecule has 2 rings (SSSR count). The summed E-state index contributed by atoms with van der Waals surface area (Å²) in [5, 5.41) is 4.10. The molecular formula is C15H23NO2S. The number of methoxy groups -OCH3 is 1. The zero-order valence-corrected chi connectivity index (χ0v) is 13.0. The number of hydrogen-bond acceptors (Lipinski definition) is 4. The summed E-state index contributed by atoms with van der Waals surface area (Å²) in [5.41, 5.74) is 2.43. The molecule has 106 valence electrons. The van der Waals surface area contributed by atoms with Gasteiger partial charge in [-0.3, -0.25) is 0 Å². The Balaban J connectivity index is 2.05. The first-order valence-electron chi connectivity index (χ1n) is 6.74. The Morgan fingerprint density at radius 2 is 2.32 bits per heavy atom. The minimum atomic E-state index is 0.277. The third kappa shape index (κ3) is 3.57. The molecule has 1 aliphatic rings. The molecule has 1 heterocycles. The average molecular weight is 281 g/mol. The molecular weight excluding hydrogens is 258 g/mol. The van der Waals surface area contributed by atoms with Crippen molar-refractivity contribution in [3.63, 3.8) is 0 Å². The fourth-order valence-electron chi connectivity index (χ4n) is 2.30. The van der Waals surface area contributed by atoms with Crippen LogP contribution in [-0.4, -0.2) is 31.3 Å². The van der Waals surface area contributed by atoms with Gasteiger partial charge in [0.1, 0.15) is 17.6 Å². The first-order chi connectivity index (χ1) is 9.13. The molecule has 3 nitrogen and oxygen atoms in total. The first-order valence-corrected chi connectivity index (χ1v) is 8.02. The SMILES string of the molecule is COc1cc2c(cc1CNCC(C)SC)OC(C)C2. The Morgan fingerprint density at radius 3 is 3.00 bits per heavy atom. The molecule has 19 heavy (non-hydrogen) atoms. The van der Waals surface area contributed by atoms with E-state index < -0.39 is 0 Å². The van der Waals surface area contributed by atoms with Gasteiger partial charge in [0.25, 0.3) is 0 Å². The second kappa shape index (κ2) is 6.53. The van der Waals surface area contributed by atoms with Gasteiger partial charge in [-0.25, -0.2) is 0 Å². The van der Waals surface area contributed by atoms with Crippen LogP contribution < -0.4 is 14.8 Å². The van der Waals surface area contributed by atoms with Gasteiger partial charge < -0.3 is 14.8 Å². The second-order valence-electron chi connectivity index (χ2n) is 5.08. The van der Waals surface area contributed by atoms with Gasteiger partial charge in [-0.05, 0) is 25.3 Å². The van der Waals surface area contributed by atoms with E-state index in [-0.39, 0.29) is 6.10 Å². The highest BCUT2D eigenvalue weighted by Crippen LogP contribution is 2.34. The van der Waals surface area contributed by atoms with Crippen molar-refractivity contribution in [1.29, 1.82) is 0 Å². The van der Waals surface area contributed by atoms with Crippen LogP contribution in [0.4, 0.5) is 0 Å². The molecule has 0 amide bonds. The van der Waals surface area contributed by atoms with E-state index in [0.717, 1.165) is 31.0 Å². The lowest BCUT2D eigenvalue weighted by molar-refractivity contribution is 0.254. The predicted octanol–water partition coefficient (Wildman–Crippen LogP) is 2.86. The molecule has 0 saturated carbocycles. The molecule has 0 fully saturated rings. The zero-order valence-electron chi connectivity index (χ0n) is 12.2. The van der Waals surface area contributed by atoms with E-state index in [0.29, 0.717) is 5.25 Å². The van der Waals surface area contributed by atoms with Crippen molar-refractivity contribution < 1.29 is 9.47 Å². The summed E-state index contributed by atoms with van der Waals surface area (Å²) >= 11 is 1.87. The minimum absolute atomic E-state index is 0.277. The van der Waals surface area contributed by atoms with Gasteiger partial charge in [-0.15, -0.1) is 0 Å². The number of rotatable bonds is 6. The molecule has 0 spiro atoms. The van der Waals surface area contributed by atoms with E-state index in [4.69, 9.17) is 9.47 Å². The smallest absolute Gasteiger partial charge is 0.123 e. The molecule has 2 atom stereocenters. The number of hydrogen-bond donors (Lipinski definition) is 1. The van der Waals surface area contributed by atoms with Crippen molar-refractivity contribution >= 4 is 11.8 Å². The molecule has 1 aliphatic heterocycles. The lowest BCUT2D eigenvalue weighted by atomic mass is 10.1. The third-order valence-corrected chi connectivity index (χ3v) is 4.42. The fourth-order valence-corrected chi connectivity index (χ4v) is 2.59. The van der Waals surface area contributed by atoms with E-state index in [9.17, 15) is 0 Å². The molecule has 0 saturated heterocycles. The van der Waals surface area contributed by atoms with E-state index in [1.54, 1.807) is 7.11 Å². The van der Waals surface area contributed by atoms with E-state index >= 15 is 0 Å². The van der Waals surface area contributed by atoms with Crippen LogP contribution in [0.15, 0.2) is 12.1 Å². The lowest BCUT2D eigenvalue weighted by Crippen LogP contribution is -2.22. The van der Waals surface area contributed by atoms with Crippen molar-refractivity contribution in [2.45, 2.75) is 38.2 Å². The van der Waals surface area contributed by atoms with Gasteiger partial charge in [0, 0.05) is 35.9 Å². The maximum Gasteiger partial charge on any atom is 0.123 e. The highest BCUT2D eigenvalue weighted by Gasteiger charge is 2.21. The summed E-state index contributed by atoms with van der Waals surface area (Å²) in [6.07, 6.45) is 3.39. The standard InChI is InChI=1S/C15H23NO2S/c1-10-5-12-6-14(17-3)13(7-15(12)18-10)9-16-8-11(2)19-4/h6-7,10-11,16H,5,8-9H2,1-4H3. The van der Waals surface area contributed by atoms with Crippen molar-refractivity contribution in [1.82, 2.24) is 5.32 Å². The van der Waals surface area contributed by atoms with Gasteiger partial charge in [0.05, 0.1) is 7.11 Å². The monoisotopic (exact) mass is 281 g/mol. The largest absolute Gasteiger partial charge is 0.496 e. The minimum Gasteiger partial charge on any atom is -0.496 e.